The molecule has 0 amide bonds. The highest BCUT2D eigenvalue weighted by molar-refractivity contribution is 5.85. The number of rotatable bonds is 6. The molecule has 0 radical (unpaired) electrons. The number of hydrogen-bond donors (Lipinski definition) is 1. The van der Waals surface area contributed by atoms with Crippen molar-refractivity contribution in [1.29, 1.82) is 0 Å². The zero-order valence-electron chi connectivity index (χ0n) is 10.4. The van der Waals surface area contributed by atoms with Crippen LogP contribution in [0.2, 0.25) is 0 Å². The number of likely N-dealkylation sites (N-methyl/N-ethyl adjacent to an activating group) is 1. The highest BCUT2D eigenvalue weighted by atomic mass is 35.5. The van der Waals surface area contributed by atoms with Crippen LogP contribution in [0.25, 0.3) is 0 Å². The molecule has 92 valence electrons. The third kappa shape index (κ3) is 6.74. The molecule has 0 saturated heterocycles. The van der Waals surface area contributed by atoms with Crippen LogP contribution < -0.4 is 0 Å². The predicted molar refractivity (Wildman–Crippen MR) is 65.7 cm³/mol. The lowest BCUT2D eigenvalue weighted by atomic mass is 9.86. The van der Waals surface area contributed by atoms with Gasteiger partial charge in [0.25, 0.3) is 0 Å². The van der Waals surface area contributed by atoms with Crippen LogP contribution in [0.5, 0.6) is 0 Å². The van der Waals surface area contributed by atoms with Gasteiger partial charge in [-0.1, -0.05) is 27.2 Å². The molecule has 1 N–H and O–H groups in total. The molecule has 0 aromatic carbocycles. The molecular formula is C11H24ClNO2. The Kier molecular flexibility index (Phi) is 8.07. The summed E-state index contributed by atoms with van der Waals surface area (Å²) >= 11 is 0. The fraction of sp³-hybridized carbons (Fsp3) is 0.909. The average Bonchev–Trinajstić information content (AvgIpc) is 2.13. The van der Waals surface area contributed by atoms with E-state index in [1.807, 2.05) is 11.9 Å². The zero-order valence-corrected chi connectivity index (χ0v) is 11.2. The normalized spacial score (nSPS) is 13.5. The summed E-state index contributed by atoms with van der Waals surface area (Å²) in [4.78, 5) is 12.6. The summed E-state index contributed by atoms with van der Waals surface area (Å²) in [6.07, 6.45) is 2.17. The molecule has 4 heteroatoms. The fourth-order valence-corrected chi connectivity index (χ4v) is 1.04. The van der Waals surface area contributed by atoms with Gasteiger partial charge < -0.3 is 5.11 Å². The topological polar surface area (TPSA) is 40.5 Å². The SMILES string of the molecule is CCC(C)(C)CCN(C)C(C)C(=O)O.Cl. The maximum atomic E-state index is 10.7. The highest BCUT2D eigenvalue weighted by Crippen LogP contribution is 2.24. The minimum Gasteiger partial charge on any atom is -0.480 e. The number of carboxylic acids is 1. The van der Waals surface area contributed by atoms with Crippen LogP contribution in [0, 0.1) is 5.41 Å². The van der Waals surface area contributed by atoms with Gasteiger partial charge in [0, 0.05) is 0 Å². The second kappa shape index (κ2) is 7.07. The van der Waals surface area contributed by atoms with Crippen LogP contribution in [0.3, 0.4) is 0 Å². The molecule has 0 aliphatic rings. The Morgan fingerprint density at radius 2 is 1.93 bits per heavy atom. The van der Waals surface area contributed by atoms with Crippen molar-refractivity contribution in [3.63, 3.8) is 0 Å². The van der Waals surface area contributed by atoms with E-state index in [1.54, 1.807) is 6.92 Å². The highest BCUT2D eigenvalue weighted by Gasteiger charge is 2.20. The molecule has 0 heterocycles. The van der Waals surface area contributed by atoms with Gasteiger partial charge >= 0.3 is 5.97 Å². The van der Waals surface area contributed by atoms with Gasteiger partial charge in [-0.05, 0) is 32.4 Å². The molecule has 0 bridgehead atoms. The third-order valence-electron chi connectivity index (χ3n) is 3.12. The Morgan fingerprint density at radius 1 is 1.47 bits per heavy atom. The lowest BCUT2D eigenvalue weighted by Gasteiger charge is -2.28. The summed E-state index contributed by atoms with van der Waals surface area (Å²) in [7, 11) is 1.87. The van der Waals surface area contributed by atoms with Crippen molar-refractivity contribution in [2.24, 2.45) is 5.41 Å². The van der Waals surface area contributed by atoms with Gasteiger partial charge in [-0.3, -0.25) is 9.69 Å². The minimum absolute atomic E-state index is 0. The largest absolute Gasteiger partial charge is 0.480 e. The van der Waals surface area contributed by atoms with E-state index in [1.165, 1.54) is 0 Å². The quantitative estimate of drug-likeness (QED) is 0.772. The lowest BCUT2D eigenvalue weighted by Crippen LogP contribution is -2.37. The number of aliphatic carboxylic acids is 1. The summed E-state index contributed by atoms with van der Waals surface area (Å²) < 4.78 is 0. The van der Waals surface area contributed by atoms with Crippen LogP contribution in [0.4, 0.5) is 0 Å². The van der Waals surface area contributed by atoms with Crippen molar-refractivity contribution in [3.8, 4) is 0 Å². The average molecular weight is 238 g/mol. The van der Waals surface area contributed by atoms with Crippen LogP contribution in [-0.2, 0) is 4.79 Å². The smallest absolute Gasteiger partial charge is 0.320 e. The molecular weight excluding hydrogens is 214 g/mol. The number of carbonyl (C=O) groups is 1. The Balaban J connectivity index is 0. The van der Waals surface area contributed by atoms with Crippen LogP contribution in [0.1, 0.15) is 40.5 Å². The van der Waals surface area contributed by atoms with Crippen LogP contribution >= 0.6 is 12.4 Å². The number of hydrogen-bond acceptors (Lipinski definition) is 2. The standard InChI is InChI=1S/C11H23NO2.ClH/c1-6-11(3,4)7-8-12(5)9(2)10(13)14;/h9H,6-8H2,1-5H3,(H,13,14);1H. The van der Waals surface area contributed by atoms with Gasteiger partial charge in [-0.25, -0.2) is 0 Å². The number of halogens is 1. The van der Waals surface area contributed by atoms with E-state index in [0.717, 1.165) is 19.4 Å². The minimum atomic E-state index is -0.748. The first kappa shape index (κ1) is 17.1. The Hall–Kier alpha value is -0.280. The molecule has 0 rings (SSSR count). The van der Waals surface area contributed by atoms with Gasteiger partial charge in [0.2, 0.25) is 0 Å². The van der Waals surface area contributed by atoms with Crippen LogP contribution in [-0.4, -0.2) is 35.6 Å². The number of carboxylic acid groups (broad SMARTS) is 1. The molecule has 0 aromatic rings. The second-order valence-electron chi connectivity index (χ2n) is 4.76. The van der Waals surface area contributed by atoms with Gasteiger partial charge in [0.05, 0.1) is 0 Å². The van der Waals surface area contributed by atoms with Crippen molar-refractivity contribution < 1.29 is 9.90 Å². The van der Waals surface area contributed by atoms with E-state index in [2.05, 4.69) is 20.8 Å². The summed E-state index contributed by atoms with van der Waals surface area (Å²) in [5, 5.41) is 8.80. The summed E-state index contributed by atoms with van der Waals surface area (Å²) in [6.45, 7) is 9.16. The molecule has 1 unspecified atom stereocenters. The molecule has 0 spiro atoms. The second-order valence-corrected chi connectivity index (χ2v) is 4.76. The molecule has 0 fully saturated rings. The van der Waals surface area contributed by atoms with Crippen LogP contribution in [0.15, 0.2) is 0 Å². The van der Waals surface area contributed by atoms with Crippen molar-refractivity contribution in [2.75, 3.05) is 13.6 Å². The summed E-state index contributed by atoms with van der Waals surface area (Å²) in [5.41, 5.74) is 0.312. The van der Waals surface area contributed by atoms with Crippen molar-refractivity contribution >= 4 is 18.4 Å². The molecule has 0 aliphatic carbocycles. The van der Waals surface area contributed by atoms with Gasteiger partial charge in [0.15, 0.2) is 0 Å². The molecule has 0 saturated carbocycles. The number of nitrogens with zero attached hydrogens (tertiary/aromatic N) is 1. The van der Waals surface area contributed by atoms with E-state index in [-0.39, 0.29) is 18.4 Å². The third-order valence-corrected chi connectivity index (χ3v) is 3.12. The zero-order chi connectivity index (χ0) is 11.4. The van der Waals surface area contributed by atoms with E-state index in [9.17, 15) is 4.79 Å². The van der Waals surface area contributed by atoms with Gasteiger partial charge in [0.1, 0.15) is 6.04 Å². The molecule has 15 heavy (non-hydrogen) atoms. The van der Waals surface area contributed by atoms with E-state index >= 15 is 0 Å². The maximum Gasteiger partial charge on any atom is 0.320 e. The van der Waals surface area contributed by atoms with Gasteiger partial charge in [-0.2, -0.15) is 0 Å². The first-order valence-corrected chi connectivity index (χ1v) is 5.23. The van der Waals surface area contributed by atoms with Crippen molar-refractivity contribution in [1.82, 2.24) is 4.90 Å². The fourth-order valence-electron chi connectivity index (χ4n) is 1.04. The molecule has 3 nitrogen and oxygen atoms in total. The summed E-state index contributed by atoms with van der Waals surface area (Å²) in [6, 6.07) is -0.386. The van der Waals surface area contributed by atoms with E-state index < -0.39 is 5.97 Å². The Morgan fingerprint density at radius 3 is 2.27 bits per heavy atom. The molecule has 1 atom stereocenters. The monoisotopic (exact) mass is 237 g/mol. The Labute approximate surface area is 99.3 Å². The van der Waals surface area contributed by atoms with E-state index in [4.69, 9.17) is 5.11 Å². The summed E-state index contributed by atoms with van der Waals surface area (Å²) in [5.74, 6) is -0.748. The lowest BCUT2D eigenvalue weighted by molar-refractivity contribution is -0.142. The molecule has 0 aliphatic heterocycles. The van der Waals surface area contributed by atoms with Crippen molar-refractivity contribution in [2.45, 2.75) is 46.6 Å². The van der Waals surface area contributed by atoms with E-state index in [0.29, 0.717) is 5.41 Å². The molecule has 0 aromatic heterocycles. The van der Waals surface area contributed by atoms with Gasteiger partial charge in [-0.15, -0.1) is 12.4 Å². The predicted octanol–water partition coefficient (Wildman–Crippen LogP) is 2.64. The maximum absolute atomic E-state index is 10.7. The Bertz CT molecular complexity index is 195. The first-order valence-electron chi connectivity index (χ1n) is 5.23. The van der Waals surface area contributed by atoms with Crippen molar-refractivity contribution in [3.05, 3.63) is 0 Å². The first-order chi connectivity index (χ1) is 6.30.